The minimum absolute atomic E-state index is 0.00327. The van der Waals surface area contributed by atoms with Crippen LogP contribution in [0, 0.1) is 0 Å². The number of rotatable bonds is 7. The van der Waals surface area contributed by atoms with Crippen molar-refractivity contribution in [2.75, 3.05) is 10.6 Å². The molecule has 1 heterocycles. The number of benzene rings is 2. The molecule has 0 radical (unpaired) electrons. The van der Waals surface area contributed by atoms with Crippen molar-refractivity contribution in [2.45, 2.75) is 26.9 Å². The maximum absolute atomic E-state index is 12.5. The van der Waals surface area contributed by atoms with Crippen LogP contribution >= 0.6 is 0 Å². The molecule has 29 heavy (non-hydrogen) atoms. The molecule has 0 saturated carbocycles. The normalized spacial score (nSPS) is 10.5. The third-order valence-corrected chi connectivity index (χ3v) is 3.96. The molecule has 0 atom stereocenters. The van der Waals surface area contributed by atoms with E-state index in [1.807, 2.05) is 26.0 Å². The Morgan fingerprint density at radius 3 is 2.21 bits per heavy atom. The van der Waals surface area contributed by atoms with Gasteiger partial charge in [0.15, 0.2) is 5.78 Å². The van der Waals surface area contributed by atoms with Crippen LogP contribution in [-0.2, 0) is 0 Å². The van der Waals surface area contributed by atoms with Crippen LogP contribution in [0.15, 0.2) is 60.9 Å². The van der Waals surface area contributed by atoms with Crippen LogP contribution in [0.4, 0.5) is 17.3 Å². The van der Waals surface area contributed by atoms with E-state index in [0.717, 1.165) is 5.69 Å². The average Bonchev–Trinajstić information content (AvgIpc) is 2.70. The van der Waals surface area contributed by atoms with Gasteiger partial charge in [-0.15, -0.1) is 0 Å². The number of anilines is 3. The van der Waals surface area contributed by atoms with E-state index in [0.29, 0.717) is 28.5 Å². The second-order valence-corrected chi connectivity index (χ2v) is 6.67. The fourth-order valence-electron chi connectivity index (χ4n) is 2.55. The number of ketones is 1. The minimum atomic E-state index is -0.331. The van der Waals surface area contributed by atoms with E-state index < -0.39 is 0 Å². The van der Waals surface area contributed by atoms with Gasteiger partial charge in [0.2, 0.25) is 5.95 Å². The summed E-state index contributed by atoms with van der Waals surface area (Å²) in [5.41, 5.74) is 2.28. The average molecular weight is 390 g/mol. The molecule has 0 fully saturated rings. The minimum Gasteiger partial charge on any atom is -0.489 e. The van der Waals surface area contributed by atoms with Gasteiger partial charge in [-0.05, 0) is 57.2 Å². The van der Waals surface area contributed by atoms with E-state index in [-0.39, 0.29) is 17.8 Å². The largest absolute Gasteiger partial charge is 0.489 e. The molecule has 1 amide bonds. The van der Waals surface area contributed by atoms with Crippen molar-refractivity contribution < 1.29 is 14.3 Å². The lowest BCUT2D eigenvalue weighted by molar-refractivity contribution is 0.101. The molecular weight excluding hydrogens is 368 g/mol. The first-order valence-electron chi connectivity index (χ1n) is 9.19. The van der Waals surface area contributed by atoms with Gasteiger partial charge in [0.05, 0.1) is 17.4 Å². The Kier molecular flexibility index (Phi) is 6.19. The topological polar surface area (TPSA) is 93.2 Å². The number of ether oxygens (including phenoxy) is 1. The molecule has 0 saturated heterocycles. The monoisotopic (exact) mass is 390 g/mol. The Hall–Kier alpha value is -3.74. The second kappa shape index (κ2) is 8.97. The van der Waals surface area contributed by atoms with Gasteiger partial charge in [0, 0.05) is 23.6 Å². The molecule has 1 aromatic heterocycles. The number of carbonyl (C=O) groups excluding carboxylic acids is 2. The summed E-state index contributed by atoms with van der Waals surface area (Å²) in [6, 6.07) is 14.2. The van der Waals surface area contributed by atoms with Crippen molar-refractivity contribution in [2.24, 2.45) is 0 Å². The van der Waals surface area contributed by atoms with Gasteiger partial charge in [-0.3, -0.25) is 9.59 Å². The zero-order valence-electron chi connectivity index (χ0n) is 16.5. The highest BCUT2D eigenvalue weighted by Gasteiger charge is 2.12. The van der Waals surface area contributed by atoms with E-state index in [9.17, 15) is 9.59 Å². The summed E-state index contributed by atoms with van der Waals surface area (Å²) < 4.78 is 5.71. The Labute approximate surface area is 169 Å². The van der Waals surface area contributed by atoms with Crippen LogP contribution in [0.1, 0.15) is 41.5 Å². The van der Waals surface area contributed by atoms with Crippen LogP contribution in [0.3, 0.4) is 0 Å². The molecule has 7 nitrogen and oxygen atoms in total. The predicted octanol–water partition coefficient (Wildman–Crippen LogP) is 4.46. The lowest BCUT2D eigenvalue weighted by atomic mass is 10.1. The van der Waals surface area contributed by atoms with Crippen LogP contribution in [0.2, 0.25) is 0 Å². The van der Waals surface area contributed by atoms with Crippen molar-refractivity contribution in [3.63, 3.8) is 0 Å². The number of carbonyl (C=O) groups is 2. The molecule has 0 aliphatic rings. The number of hydrogen-bond acceptors (Lipinski definition) is 6. The number of hydrogen-bond donors (Lipinski definition) is 2. The molecular formula is C22H22N4O3. The van der Waals surface area contributed by atoms with Gasteiger partial charge in [-0.1, -0.05) is 12.1 Å². The number of nitrogens with one attached hydrogen (secondary N) is 2. The molecule has 0 unspecified atom stereocenters. The van der Waals surface area contributed by atoms with Gasteiger partial charge in [0.25, 0.3) is 5.91 Å². The molecule has 0 spiro atoms. The molecule has 3 rings (SSSR count). The maximum Gasteiger partial charge on any atom is 0.258 e. The fraction of sp³-hybridized carbons (Fsp3) is 0.182. The highest BCUT2D eigenvalue weighted by molar-refractivity contribution is 6.04. The van der Waals surface area contributed by atoms with Gasteiger partial charge >= 0.3 is 0 Å². The van der Waals surface area contributed by atoms with Crippen LogP contribution < -0.4 is 15.4 Å². The predicted molar refractivity (Wildman–Crippen MR) is 112 cm³/mol. The van der Waals surface area contributed by atoms with Gasteiger partial charge in [-0.2, -0.15) is 0 Å². The Morgan fingerprint density at radius 2 is 1.59 bits per heavy atom. The summed E-state index contributed by atoms with van der Waals surface area (Å²) in [5, 5.41) is 5.85. The van der Waals surface area contributed by atoms with Crippen LogP contribution in [-0.4, -0.2) is 27.8 Å². The van der Waals surface area contributed by atoms with E-state index in [1.54, 1.807) is 36.4 Å². The van der Waals surface area contributed by atoms with Crippen LogP contribution in [0.25, 0.3) is 0 Å². The summed E-state index contributed by atoms with van der Waals surface area (Å²) in [5.74, 6) is 0.621. The zero-order valence-corrected chi connectivity index (χ0v) is 16.5. The zero-order chi connectivity index (χ0) is 20.8. The van der Waals surface area contributed by atoms with Crippen molar-refractivity contribution >= 4 is 29.0 Å². The molecule has 0 aliphatic heterocycles. The summed E-state index contributed by atoms with van der Waals surface area (Å²) in [4.78, 5) is 32.2. The highest BCUT2D eigenvalue weighted by atomic mass is 16.5. The lowest BCUT2D eigenvalue weighted by Crippen LogP contribution is -2.15. The standard InChI is InChI=1S/C22H22N4O3/c1-14(2)29-20-7-5-4-6-19(20)26-21(28)17-12-23-22(24-13-17)25-18-10-8-16(9-11-18)15(3)27/h4-14H,1-3H3,(H,26,28)(H,23,24,25). The quantitative estimate of drug-likeness (QED) is 0.579. The van der Waals surface area contributed by atoms with Gasteiger partial charge < -0.3 is 15.4 Å². The summed E-state index contributed by atoms with van der Waals surface area (Å²) >= 11 is 0. The van der Waals surface area contributed by atoms with E-state index in [4.69, 9.17) is 4.74 Å². The first kappa shape index (κ1) is 20.0. The summed E-state index contributed by atoms with van der Waals surface area (Å²) in [6.45, 7) is 5.36. The summed E-state index contributed by atoms with van der Waals surface area (Å²) in [7, 11) is 0. The molecule has 3 aromatic rings. The highest BCUT2D eigenvalue weighted by Crippen LogP contribution is 2.25. The van der Waals surface area contributed by atoms with Crippen molar-refractivity contribution in [3.05, 3.63) is 72.1 Å². The third-order valence-electron chi connectivity index (χ3n) is 3.96. The van der Waals surface area contributed by atoms with Crippen molar-refractivity contribution in [1.82, 2.24) is 9.97 Å². The number of amides is 1. The summed E-state index contributed by atoms with van der Waals surface area (Å²) in [6.07, 6.45) is 2.88. The number of Topliss-reactive ketones (excluding diaryl/α,β-unsaturated/α-hetero) is 1. The SMILES string of the molecule is CC(=O)c1ccc(Nc2ncc(C(=O)Nc3ccccc3OC(C)C)cn2)cc1. The Morgan fingerprint density at radius 1 is 0.931 bits per heavy atom. The van der Waals surface area contributed by atoms with E-state index >= 15 is 0 Å². The number of nitrogens with zero attached hydrogens (tertiary/aromatic N) is 2. The molecule has 2 aromatic carbocycles. The Bertz CT molecular complexity index is 999. The molecule has 0 aliphatic carbocycles. The fourth-order valence-corrected chi connectivity index (χ4v) is 2.55. The van der Waals surface area contributed by atoms with Gasteiger partial charge in [-0.25, -0.2) is 9.97 Å². The molecule has 148 valence electrons. The first-order valence-corrected chi connectivity index (χ1v) is 9.19. The van der Waals surface area contributed by atoms with Crippen molar-refractivity contribution in [3.8, 4) is 5.75 Å². The van der Waals surface area contributed by atoms with Gasteiger partial charge in [0.1, 0.15) is 5.75 Å². The number of para-hydroxylation sites is 2. The van der Waals surface area contributed by atoms with Crippen LogP contribution in [0.5, 0.6) is 5.75 Å². The van der Waals surface area contributed by atoms with E-state index in [1.165, 1.54) is 19.3 Å². The Balaban J connectivity index is 1.67. The second-order valence-electron chi connectivity index (χ2n) is 6.67. The van der Waals surface area contributed by atoms with E-state index in [2.05, 4.69) is 20.6 Å². The lowest BCUT2D eigenvalue weighted by Gasteiger charge is -2.14. The molecule has 2 N–H and O–H groups in total. The van der Waals surface area contributed by atoms with Crippen molar-refractivity contribution in [1.29, 1.82) is 0 Å². The smallest absolute Gasteiger partial charge is 0.258 e. The first-order chi connectivity index (χ1) is 13.9. The maximum atomic E-state index is 12.5. The number of aromatic nitrogens is 2. The molecule has 0 bridgehead atoms. The molecule has 7 heteroatoms. The third kappa shape index (κ3) is 5.38.